The second-order valence-corrected chi connectivity index (χ2v) is 7.16. The molecule has 0 bridgehead atoms. The van der Waals surface area contributed by atoms with Crippen LogP contribution in [-0.4, -0.2) is 59.5 Å². The first kappa shape index (κ1) is 17.9. The van der Waals surface area contributed by atoms with Gasteiger partial charge in [0.15, 0.2) is 0 Å². The molecule has 6 nitrogen and oxygen atoms in total. The molecule has 0 radical (unpaired) electrons. The summed E-state index contributed by atoms with van der Waals surface area (Å²) in [5, 5.41) is 7.47. The van der Waals surface area contributed by atoms with Gasteiger partial charge in [-0.1, -0.05) is 24.3 Å². The van der Waals surface area contributed by atoms with Gasteiger partial charge in [-0.3, -0.25) is 9.69 Å². The largest absolute Gasteiger partial charge is 0.376 e. The number of aromatic nitrogens is 2. The molecule has 1 amide bonds. The van der Waals surface area contributed by atoms with Gasteiger partial charge in [0.2, 0.25) is 5.91 Å². The van der Waals surface area contributed by atoms with Crippen LogP contribution in [-0.2, 0) is 9.53 Å². The number of amides is 1. The Balaban J connectivity index is 1.28. The molecule has 1 saturated heterocycles. The minimum atomic E-state index is 0.0826. The number of rotatable bonds is 6. The fourth-order valence-electron chi connectivity index (χ4n) is 3.62. The van der Waals surface area contributed by atoms with E-state index in [1.165, 1.54) is 5.57 Å². The van der Waals surface area contributed by atoms with Crippen LogP contribution in [0.25, 0.3) is 11.3 Å². The first-order chi connectivity index (χ1) is 13.3. The Labute approximate surface area is 159 Å². The normalized spacial score (nSPS) is 20.4. The Morgan fingerprint density at radius 1 is 1.30 bits per heavy atom. The highest BCUT2D eigenvalue weighted by Crippen LogP contribution is 2.22. The number of carbonyl (C=O) groups excluding carboxylic acids is 1. The maximum absolute atomic E-state index is 12.1. The summed E-state index contributed by atoms with van der Waals surface area (Å²) in [6.07, 6.45) is 9.48. The molecule has 3 heterocycles. The number of hydrogen-bond donors (Lipinski definition) is 1. The van der Waals surface area contributed by atoms with E-state index in [1.54, 1.807) is 0 Å². The van der Waals surface area contributed by atoms with Crippen LogP contribution in [0.3, 0.4) is 0 Å². The van der Waals surface area contributed by atoms with E-state index in [0.717, 1.165) is 50.2 Å². The summed E-state index contributed by atoms with van der Waals surface area (Å²) in [5.41, 5.74) is 3.51. The van der Waals surface area contributed by atoms with Crippen molar-refractivity contribution in [2.75, 3.05) is 32.8 Å². The molecule has 2 aliphatic heterocycles. The van der Waals surface area contributed by atoms with Crippen LogP contribution in [0.2, 0.25) is 0 Å². The van der Waals surface area contributed by atoms with Crippen LogP contribution < -0.4 is 5.32 Å². The zero-order valence-electron chi connectivity index (χ0n) is 15.5. The Kier molecular flexibility index (Phi) is 5.65. The van der Waals surface area contributed by atoms with Crippen molar-refractivity contribution in [1.82, 2.24) is 20.0 Å². The van der Waals surface area contributed by atoms with Gasteiger partial charge in [-0.2, -0.15) is 5.10 Å². The van der Waals surface area contributed by atoms with Crippen molar-refractivity contribution in [3.05, 3.63) is 54.4 Å². The summed E-state index contributed by atoms with van der Waals surface area (Å²) >= 11 is 0. The number of para-hydroxylation sites is 1. The van der Waals surface area contributed by atoms with Crippen molar-refractivity contribution in [3.8, 4) is 5.69 Å². The molecular weight excluding hydrogens is 340 g/mol. The predicted molar refractivity (Wildman–Crippen MR) is 105 cm³/mol. The zero-order chi connectivity index (χ0) is 18.5. The van der Waals surface area contributed by atoms with E-state index >= 15 is 0 Å². The monoisotopic (exact) mass is 366 g/mol. The van der Waals surface area contributed by atoms with E-state index < -0.39 is 0 Å². The van der Waals surface area contributed by atoms with Crippen molar-refractivity contribution in [3.63, 3.8) is 0 Å². The smallest absolute Gasteiger partial charge is 0.234 e. The van der Waals surface area contributed by atoms with Gasteiger partial charge in [0, 0.05) is 38.0 Å². The van der Waals surface area contributed by atoms with Crippen LogP contribution in [0.1, 0.15) is 24.8 Å². The molecule has 1 fully saturated rings. The number of nitrogens with one attached hydrogen (secondary N) is 1. The number of carbonyl (C=O) groups is 1. The third-order valence-corrected chi connectivity index (χ3v) is 5.19. The Morgan fingerprint density at radius 3 is 2.93 bits per heavy atom. The number of nitrogens with zero attached hydrogens (tertiary/aromatic N) is 3. The van der Waals surface area contributed by atoms with Crippen LogP contribution in [0.4, 0.5) is 0 Å². The predicted octanol–water partition coefficient (Wildman–Crippen LogP) is 2.26. The van der Waals surface area contributed by atoms with Crippen molar-refractivity contribution in [1.29, 1.82) is 0 Å². The lowest BCUT2D eigenvalue weighted by Gasteiger charge is -2.25. The molecule has 27 heavy (non-hydrogen) atoms. The zero-order valence-corrected chi connectivity index (χ0v) is 15.5. The van der Waals surface area contributed by atoms with E-state index in [4.69, 9.17) is 4.74 Å². The molecule has 4 rings (SSSR count). The van der Waals surface area contributed by atoms with Crippen LogP contribution in [0.5, 0.6) is 0 Å². The standard InChI is InChI=1S/C21H26N4O2/c26-21(22-14-20-7-4-12-27-20)16-24-10-8-17(9-11-24)18-13-23-25(15-18)19-5-2-1-3-6-19/h1-3,5-6,8,13,15,20H,4,7,9-12,14,16H2,(H,22,26). The van der Waals surface area contributed by atoms with E-state index in [2.05, 4.69) is 27.6 Å². The van der Waals surface area contributed by atoms with Gasteiger partial charge >= 0.3 is 0 Å². The second-order valence-electron chi connectivity index (χ2n) is 7.16. The quantitative estimate of drug-likeness (QED) is 0.852. The fourth-order valence-corrected chi connectivity index (χ4v) is 3.62. The molecule has 6 heteroatoms. The molecule has 2 aromatic rings. The summed E-state index contributed by atoms with van der Waals surface area (Å²) in [6.45, 7) is 3.57. The molecular formula is C21H26N4O2. The van der Waals surface area contributed by atoms with Gasteiger partial charge in [-0.05, 0) is 37.0 Å². The van der Waals surface area contributed by atoms with Crippen molar-refractivity contribution in [2.24, 2.45) is 0 Å². The van der Waals surface area contributed by atoms with E-state index in [0.29, 0.717) is 13.1 Å². The van der Waals surface area contributed by atoms with E-state index in [9.17, 15) is 4.79 Å². The van der Waals surface area contributed by atoms with E-state index in [-0.39, 0.29) is 12.0 Å². The van der Waals surface area contributed by atoms with Gasteiger partial charge in [0.25, 0.3) is 0 Å². The average molecular weight is 366 g/mol. The molecule has 1 unspecified atom stereocenters. The van der Waals surface area contributed by atoms with Gasteiger partial charge in [-0.15, -0.1) is 0 Å². The second kappa shape index (κ2) is 8.50. The minimum absolute atomic E-state index is 0.0826. The van der Waals surface area contributed by atoms with Gasteiger partial charge < -0.3 is 10.1 Å². The molecule has 0 spiro atoms. The Bertz CT molecular complexity index is 794. The lowest BCUT2D eigenvalue weighted by molar-refractivity contribution is -0.122. The molecule has 0 saturated carbocycles. The summed E-state index contributed by atoms with van der Waals surface area (Å²) in [4.78, 5) is 14.3. The molecule has 1 aromatic heterocycles. The van der Waals surface area contributed by atoms with Gasteiger partial charge in [-0.25, -0.2) is 4.68 Å². The highest BCUT2D eigenvalue weighted by Gasteiger charge is 2.19. The third-order valence-electron chi connectivity index (χ3n) is 5.19. The van der Waals surface area contributed by atoms with Crippen LogP contribution >= 0.6 is 0 Å². The first-order valence-corrected chi connectivity index (χ1v) is 9.68. The maximum Gasteiger partial charge on any atom is 0.234 e. The number of benzene rings is 1. The summed E-state index contributed by atoms with van der Waals surface area (Å²) in [6, 6.07) is 10.1. The third kappa shape index (κ3) is 4.64. The highest BCUT2D eigenvalue weighted by molar-refractivity contribution is 5.78. The van der Waals surface area contributed by atoms with Crippen LogP contribution in [0, 0.1) is 0 Å². The SMILES string of the molecule is O=C(CN1CC=C(c2cnn(-c3ccccc3)c2)CC1)NCC1CCCO1. The van der Waals surface area contributed by atoms with Crippen molar-refractivity contribution in [2.45, 2.75) is 25.4 Å². The molecule has 1 N–H and O–H groups in total. The summed E-state index contributed by atoms with van der Waals surface area (Å²) in [7, 11) is 0. The average Bonchev–Trinajstić information content (AvgIpc) is 3.40. The lowest BCUT2D eigenvalue weighted by atomic mass is 10.0. The Hall–Kier alpha value is -2.44. The summed E-state index contributed by atoms with van der Waals surface area (Å²) < 4.78 is 7.45. The highest BCUT2D eigenvalue weighted by atomic mass is 16.5. The van der Waals surface area contributed by atoms with Crippen molar-refractivity contribution >= 4 is 11.5 Å². The molecule has 1 atom stereocenters. The van der Waals surface area contributed by atoms with Gasteiger partial charge in [0.05, 0.1) is 24.5 Å². The summed E-state index contributed by atoms with van der Waals surface area (Å²) in [5.74, 6) is 0.0826. The molecule has 2 aliphatic rings. The van der Waals surface area contributed by atoms with Gasteiger partial charge in [0.1, 0.15) is 0 Å². The lowest BCUT2D eigenvalue weighted by Crippen LogP contribution is -2.41. The van der Waals surface area contributed by atoms with Crippen molar-refractivity contribution < 1.29 is 9.53 Å². The molecule has 142 valence electrons. The number of ether oxygens (including phenoxy) is 1. The first-order valence-electron chi connectivity index (χ1n) is 9.68. The molecule has 0 aliphatic carbocycles. The maximum atomic E-state index is 12.1. The Morgan fingerprint density at radius 2 is 2.19 bits per heavy atom. The minimum Gasteiger partial charge on any atom is -0.376 e. The topological polar surface area (TPSA) is 59.4 Å². The van der Waals surface area contributed by atoms with Crippen LogP contribution in [0.15, 0.2) is 48.8 Å². The van der Waals surface area contributed by atoms with E-state index in [1.807, 2.05) is 41.2 Å². The fraction of sp³-hybridized carbons (Fsp3) is 0.429. The number of hydrogen-bond acceptors (Lipinski definition) is 4. The molecule has 1 aromatic carbocycles.